The molecule has 0 bridgehead atoms. The minimum Gasteiger partial charge on any atom is -0.310 e. The van der Waals surface area contributed by atoms with Crippen LogP contribution >= 0.6 is 0 Å². The van der Waals surface area contributed by atoms with Gasteiger partial charge in [-0.2, -0.15) is 13.2 Å². The number of nitrogens with one attached hydrogen (secondary N) is 1. The molecule has 0 unspecified atom stereocenters. The molecule has 4 nitrogen and oxygen atoms in total. The molecule has 1 rings (SSSR count). The normalized spacial score (nSPS) is 11.4. The Balaban J connectivity index is 3.04. The third kappa shape index (κ3) is 3.00. The first kappa shape index (κ1) is 10.4. The highest BCUT2D eigenvalue weighted by Crippen LogP contribution is 2.18. The molecule has 0 aliphatic heterocycles. The van der Waals surface area contributed by atoms with Crippen LogP contribution in [0.15, 0.2) is 10.9 Å². The first-order chi connectivity index (χ1) is 6.40. The Morgan fingerprint density at radius 3 is 2.64 bits per heavy atom. The summed E-state index contributed by atoms with van der Waals surface area (Å²) in [4.78, 5) is 26.1. The summed E-state index contributed by atoms with van der Waals surface area (Å²) < 4.78 is 35.6. The lowest BCUT2D eigenvalue weighted by Gasteiger charge is -2.04. The van der Waals surface area contributed by atoms with Gasteiger partial charge in [0.2, 0.25) is 0 Å². The van der Waals surface area contributed by atoms with E-state index in [1.54, 1.807) is 0 Å². The van der Waals surface area contributed by atoms with Crippen LogP contribution in [0.2, 0.25) is 0 Å². The van der Waals surface area contributed by atoms with Crippen LogP contribution in [-0.2, 0) is 6.42 Å². The second-order valence-corrected chi connectivity index (χ2v) is 2.53. The fourth-order valence-electron chi connectivity index (χ4n) is 0.863. The Morgan fingerprint density at radius 1 is 1.50 bits per heavy atom. The topological polar surface area (TPSA) is 62.8 Å². The number of aromatic nitrogens is 2. The van der Waals surface area contributed by atoms with Crippen molar-refractivity contribution in [1.29, 1.82) is 0 Å². The molecule has 0 aliphatic rings. The molecular weight excluding hydrogens is 201 g/mol. The Kier molecular flexibility index (Phi) is 2.68. The first-order valence-corrected chi connectivity index (χ1v) is 3.53. The zero-order chi connectivity index (χ0) is 10.8. The number of hydrogen-bond donors (Lipinski definition) is 1. The van der Waals surface area contributed by atoms with Crippen molar-refractivity contribution in [3.8, 4) is 0 Å². The van der Waals surface area contributed by atoms with E-state index in [2.05, 4.69) is 4.98 Å². The molecule has 1 aromatic rings. The number of aldehydes is 1. The Bertz CT molecular complexity index is 397. The quantitative estimate of drug-likeness (QED) is 0.724. The smallest absolute Gasteiger partial charge is 0.310 e. The predicted octanol–water partition coefficient (Wildman–Crippen LogP) is 0.687. The summed E-state index contributed by atoms with van der Waals surface area (Å²) >= 11 is 0. The maximum absolute atomic E-state index is 11.9. The SMILES string of the molecule is O=Cc1cc(=O)[nH]c(CC(F)(F)F)n1. The average molecular weight is 206 g/mol. The number of H-pyrrole nitrogens is 1. The summed E-state index contributed by atoms with van der Waals surface area (Å²) in [6, 6.07) is 0.826. The second kappa shape index (κ2) is 3.60. The molecule has 1 N–H and O–H groups in total. The molecule has 0 spiro atoms. The Hall–Kier alpha value is -1.66. The molecule has 0 saturated heterocycles. The van der Waals surface area contributed by atoms with Crippen LogP contribution < -0.4 is 5.56 Å². The zero-order valence-electron chi connectivity index (χ0n) is 6.76. The highest BCUT2D eigenvalue weighted by atomic mass is 19.4. The van der Waals surface area contributed by atoms with Gasteiger partial charge in [0.25, 0.3) is 5.56 Å². The minimum absolute atomic E-state index is 0.217. The largest absolute Gasteiger partial charge is 0.396 e. The molecule has 1 aromatic heterocycles. The maximum Gasteiger partial charge on any atom is 0.396 e. The molecule has 0 aliphatic carbocycles. The van der Waals surface area contributed by atoms with Crippen molar-refractivity contribution in [2.45, 2.75) is 12.6 Å². The van der Waals surface area contributed by atoms with Gasteiger partial charge in [0.05, 0.1) is 0 Å². The summed E-state index contributed by atoms with van der Waals surface area (Å²) in [6.07, 6.45) is -5.60. The highest BCUT2D eigenvalue weighted by molar-refractivity contribution is 5.71. The van der Waals surface area contributed by atoms with Crippen molar-refractivity contribution in [2.75, 3.05) is 0 Å². The number of alkyl halides is 3. The lowest BCUT2D eigenvalue weighted by Crippen LogP contribution is -2.19. The second-order valence-electron chi connectivity index (χ2n) is 2.53. The standard InChI is InChI=1S/C7H5F3N2O2/c8-7(9,10)2-5-11-4(3-13)1-6(14)12-5/h1,3H,2H2,(H,11,12,14). The molecule has 0 saturated carbocycles. The van der Waals surface area contributed by atoms with Gasteiger partial charge in [-0.3, -0.25) is 9.59 Å². The summed E-state index contributed by atoms with van der Waals surface area (Å²) in [5.41, 5.74) is -1.09. The molecular formula is C7H5F3N2O2. The number of carbonyl (C=O) groups is 1. The van der Waals surface area contributed by atoms with Gasteiger partial charge in [0.15, 0.2) is 6.29 Å². The lowest BCUT2D eigenvalue weighted by atomic mass is 10.3. The predicted molar refractivity (Wildman–Crippen MR) is 40.0 cm³/mol. The summed E-state index contributed by atoms with van der Waals surface area (Å²) in [5, 5.41) is 0. The molecule has 0 aromatic carbocycles. The van der Waals surface area contributed by atoms with Crippen molar-refractivity contribution >= 4 is 6.29 Å². The number of nitrogens with zero attached hydrogens (tertiary/aromatic N) is 1. The van der Waals surface area contributed by atoms with Gasteiger partial charge >= 0.3 is 6.18 Å². The molecule has 0 atom stereocenters. The van der Waals surface area contributed by atoms with E-state index in [0.717, 1.165) is 6.07 Å². The molecule has 0 amide bonds. The fraction of sp³-hybridized carbons (Fsp3) is 0.286. The molecule has 7 heteroatoms. The third-order valence-corrected chi connectivity index (χ3v) is 1.30. The van der Waals surface area contributed by atoms with Crippen molar-refractivity contribution < 1.29 is 18.0 Å². The van der Waals surface area contributed by atoms with Crippen LogP contribution in [0.1, 0.15) is 16.3 Å². The van der Waals surface area contributed by atoms with Gasteiger partial charge in [-0.1, -0.05) is 0 Å². The van der Waals surface area contributed by atoms with Crippen molar-refractivity contribution in [3.63, 3.8) is 0 Å². The number of carbonyl (C=O) groups excluding carboxylic acids is 1. The summed E-state index contributed by atoms with van der Waals surface area (Å²) in [7, 11) is 0. The summed E-state index contributed by atoms with van der Waals surface area (Å²) in [6.45, 7) is 0. The van der Waals surface area contributed by atoms with Gasteiger partial charge < -0.3 is 4.98 Å². The molecule has 0 radical (unpaired) electrons. The van der Waals surface area contributed by atoms with Gasteiger partial charge in [-0.15, -0.1) is 0 Å². The Morgan fingerprint density at radius 2 is 2.14 bits per heavy atom. The molecule has 14 heavy (non-hydrogen) atoms. The molecule has 0 fully saturated rings. The van der Waals surface area contributed by atoms with E-state index in [1.165, 1.54) is 0 Å². The van der Waals surface area contributed by atoms with Gasteiger partial charge in [0.1, 0.15) is 17.9 Å². The van der Waals surface area contributed by atoms with Crippen LogP contribution in [0.5, 0.6) is 0 Å². The van der Waals surface area contributed by atoms with Gasteiger partial charge in [-0.25, -0.2) is 4.98 Å². The Labute approximate surface area is 75.8 Å². The van der Waals surface area contributed by atoms with E-state index in [1.807, 2.05) is 4.98 Å². The lowest BCUT2D eigenvalue weighted by molar-refractivity contribution is -0.128. The van der Waals surface area contributed by atoms with Gasteiger partial charge in [0, 0.05) is 6.07 Å². The van der Waals surface area contributed by atoms with E-state index in [0.29, 0.717) is 0 Å². The summed E-state index contributed by atoms with van der Waals surface area (Å²) in [5.74, 6) is -0.563. The van der Waals surface area contributed by atoms with E-state index < -0.39 is 24.0 Å². The number of aromatic amines is 1. The van der Waals surface area contributed by atoms with Crippen molar-refractivity contribution in [1.82, 2.24) is 9.97 Å². The van der Waals surface area contributed by atoms with E-state index in [-0.39, 0.29) is 12.0 Å². The van der Waals surface area contributed by atoms with Crippen molar-refractivity contribution in [3.05, 3.63) is 27.9 Å². The van der Waals surface area contributed by atoms with E-state index in [4.69, 9.17) is 0 Å². The van der Waals surface area contributed by atoms with Crippen molar-refractivity contribution in [2.24, 2.45) is 0 Å². The van der Waals surface area contributed by atoms with Crippen LogP contribution in [0.3, 0.4) is 0 Å². The van der Waals surface area contributed by atoms with Crippen LogP contribution in [0, 0.1) is 0 Å². The average Bonchev–Trinajstić information content (AvgIpc) is 1.99. The van der Waals surface area contributed by atoms with E-state index in [9.17, 15) is 22.8 Å². The number of halogens is 3. The van der Waals surface area contributed by atoms with Crippen LogP contribution in [-0.4, -0.2) is 22.4 Å². The fourth-order valence-corrected chi connectivity index (χ4v) is 0.863. The highest BCUT2D eigenvalue weighted by Gasteiger charge is 2.29. The van der Waals surface area contributed by atoms with Crippen LogP contribution in [0.4, 0.5) is 13.2 Å². The van der Waals surface area contributed by atoms with Crippen LogP contribution in [0.25, 0.3) is 0 Å². The minimum atomic E-state index is -4.46. The van der Waals surface area contributed by atoms with E-state index >= 15 is 0 Å². The molecule has 1 heterocycles. The number of hydrogen-bond acceptors (Lipinski definition) is 3. The van der Waals surface area contributed by atoms with Gasteiger partial charge in [-0.05, 0) is 0 Å². The zero-order valence-corrected chi connectivity index (χ0v) is 6.76. The number of rotatable bonds is 2. The first-order valence-electron chi connectivity index (χ1n) is 3.53. The molecule has 76 valence electrons. The monoisotopic (exact) mass is 206 g/mol. The maximum atomic E-state index is 11.9. The third-order valence-electron chi connectivity index (χ3n) is 1.30.